The van der Waals surface area contributed by atoms with Crippen LogP contribution in [0.25, 0.3) is 0 Å². The molecule has 0 aromatic heterocycles. The SMILES string of the molecule is CC1(C)OB(C(C=N)C=NC2CCOCC2)OC1(C)C. The number of hydrogen-bond acceptors (Lipinski definition) is 5. The van der Waals surface area contributed by atoms with Crippen molar-refractivity contribution in [3.05, 3.63) is 0 Å². The van der Waals surface area contributed by atoms with Crippen LogP contribution in [0.1, 0.15) is 40.5 Å². The number of rotatable bonds is 4. The van der Waals surface area contributed by atoms with Gasteiger partial charge in [0.05, 0.1) is 23.1 Å². The van der Waals surface area contributed by atoms with Gasteiger partial charge in [-0.15, -0.1) is 0 Å². The Bertz CT molecular complexity index is 363. The van der Waals surface area contributed by atoms with Gasteiger partial charge in [-0.05, 0) is 40.5 Å². The summed E-state index contributed by atoms with van der Waals surface area (Å²) >= 11 is 0. The molecule has 2 rings (SSSR count). The van der Waals surface area contributed by atoms with E-state index in [2.05, 4.69) is 4.99 Å². The Hall–Kier alpha value is -0.715. The third-order valence-electron chi connectivity index (χ3n) is 4.44. The Morgan fingerprint density at radius 1 is 1.15 bits per heavy atom. The van der Waals surface area contributed by atoms with Crippen LogP contribution < -0.4 is 0 Å². The van der Waals surface area contributed by atoms with E-state index in [-0.39, 0.29) is 17.0 Å². The Morgan fingerprint density at radius 3 is 2.20 bits per heavy atom. The Kier molecular flexibility index (Phi) is 4.67. The van der Waals surface area contributed by atoms with Gasteiger partial charge in [-0.2, -0.15) is 0 Å². The van der Waals surface area contributed by atoms with E-state index in [1.54, 1.807) is 0 Å². The first-order valence-electron chi connectivity index (χ1n) is 7.33. The van der Waals surface area contributed by atoms with Gasteiger partial charge in [0.25, 0.3) is 0 Å². The van der Waals surface area contributed by atoms with Crippen molar-refractivity contribution in [3.63, 3.8) is 0 Å². The van der Waals surface area contributed by atoms with Crippen LogP contribution in [-0.4, -0.2) is 50.0 Å². The lowest BCUT2D eigenvalue weighted by atomic mass is 9.73. The molecule has 6 heteroatoms. The largest absolute Gasteiger partial charge is 0.472 e. The normalized spacial score (nSPS) is 27.9. The molecular weight excluding hydrogens is 255 g/mol. The Labute approximate surface area is 121 Å². The molecule has 0 spiro atoms. The lowest BCUT2D eigenvalue weighted by Crippen LogP contribution is -2.41. The summed E-state index contributed by atoms with van der Waals surface area (Å²) in [6, 6.07) is 0.300. The molecule has 0 aromatic rings. The average molecular weight is 280 g/mol. The third-order valence-corrected chi connectivity index (χ3v) is 4.44. The molecule has 2 saturated heterocycles. The van der Waals surface area contributed by atoms with E-state index < -0.39 is 7.12 Å². The molecule has 2 aliphatic heterocycles. The Balaban J connectivity index is 1.99. The van der Waals surface area contributed by atoms with E-state index in [0.29, 0.717) is 6.04 Å². The maximum atomic E-state index is 7.60. The highest BCUT2D eigenvalue weighted by Crippen LogP contribution is 2.39. The predicted octanol–water partition coefficient (Wildman–Crippen LogP) is 2.35. The monoisotopic (exact) mass is 280 g/mol. The molecule has 2 aliphatic rings. The maximum Gasteiger partial charge on any atom is 0.472 e. The first-order chi connectivity index (χ1) is 9.36. The van der Waals surface area contributed by atoms with E-state index in [0.717, 1.165) is 26.1 Å². The quantitative estimate of drug-likeness (QED) is 0.635. The van der Waals surface area contributed by atoms with Crippen molar-refractivity contribution in [2.24, 2.45) is 4.99 Å². The first kappa shape index (κ1) is 15.7. The number of ether oxygens (including phenoxy) is 1. The van der Waals surface area contributed by atoms with E-state index >= 15 is 0 Å². The number of nitrogens with zero attached hydrogens (tertiary/aromatic N) is 1. The molecule has 2 heterocycles. The second-order valence-corrected chi connectivity index (χ2v) is 6.51. The minimum atomic E-state index is -0.430. The zero-order valence-corrected chi connectivity index (χ0v) is 12.9. The third kappa shape index (κ3) is 3.30. The number of nitrogens with one attached hydrogen (secondary N) is 1. The molecule has 5 nitrogen and oxygen atoms in total. The molecule has 2 fully saturated rings. The van der Waals surface area contributed by atoms with Crippen LogP contribution >= 0.6 is 0 Å². The minimum Gasteiger partial charge on any atom is -0.403 e. The molecule has 0 aliphatic carbocycles. The zero-order chi connectivity index (χ0) is 14.8. The Morgan fingerprint density at radius 2 is 1.70 bits per heavy atom. The summed E-state index contributed by atoms with van der Waals surface area (Å²) in [4.78, 5) is 4.58. The topological polar surface area (TPSA) is 63.9 Å². The first-order valence-corrected chi connectivity index (χ1v) is 7.33. The van der Waals surface area contributed by atoms with Crippen LogP contribution in [0.15, 0.2) is 4.99 Å². The van der Waals surface area contributed by atoms with Crippen molar-refractivity contribution in [1.29, 1.82) is 5.41 Å². The van der Waals surface area contributed by atoms with Crippen LogP contribution in [0.3, 0.4) is 0 Å². The van der Waals surface area contributed by atoms with E-state index in [1.807, 2.05) is 33.9 Å². The molecular formula is C14H25BN2O3. The molecule has 20 heavy (non-hydrogen) atoms. The predicted molar refractivity (Wildman–Crippen MR) is 80.9 cm³/mol. The summed E-state index contributed by atoms with van der Waals surface area (Å²) in [6.07, 6.45) is 5.06. The molecule has 112 valence electrons. The minimum absolute atomic E-state index is 0.237. The lowest BCUT2D eigenvalue weighted by molar-refractivity contribution is 0.00578. The van der Waals surface area contributed by atoms with Crippen LogP contribution in [0, 0.1) is 5.41 Å². The highest BCUT2D eigenvalue weighted by molar-refractivity contribution is 6.56. The van der Waals surface area contributed by atoms with Gasteiger partial charge in [-0.3, -0.25) is 4.99 Å². The second-order valence-electron chi connectivity index (χ2n) is 6.51. The van der Waals surface area contributed by atoms with Gasteiger partial charge in [-0.1, -0.05) is 0 Å². The van der Waals surface area contributed by atoms with E-state index in [9.17, 15) is 0 Å². The van der Waals surface area contributed by atoms with Crippen molar-refractivity contribution in [2.45, 2.75) is 63.6 Å². The van der Waals surface area contributed by atoms with Gasteiger partial charge < -0.3 is 19.5 Å². The molecule has 1 N–H and O–H groups in total. The van der Waals surface area contributed by atoms with Gasteiger partial charge in [0, 0.05) is 25.6 Å². The van der Waals surface area contributed by atoms with Crippen LogP contribution in [0.4, 0.5) is 0 Å². The van der Waals surface area contributed by atoms with Crippen molar-refractivity contribution >= 4 is 19.5 Å². The van der Waals surface area contributed by atoms with Crippen molar-refractivity contribution in [3.8, 4) is 0 Å². The fourth-order valence-electron chi connectivity index (χ4n) is 2.29. The molecule has 1 unspecified atom stereocenters. The second kappa shape index (κ2) is 5.96. The van der Waals surface area contributed by atoms with Gasteiger partial charge in [0.15, 0.2) is 0 Å². The lowest BCUT2D eigenvalue weighted by Gasteiger charge is -2.32. The number of hydrogen-bond donors (Lipinski definition) is 1. The fraction of sp³-hybridized carbons (Fsp3) is 0.857. The smallest absolute Gasteiger partial charge is 0.403 e. The van der Waals surface area contributed by atoms with E-state index in [4.69, 9.17) is 19.5 Å². The highest BCUT2D eigenvalue weighted by atomic mass is 16.7. The van der Waals surface area contributed by atoms with Crippen LogP contribution in [0.2, 0.25) is 5.82 Å². The molecule has 0 saturated carbocycles. The summed E-state index contributed by atoms with van der Waals surface area (Å²) in [7, 11) is -0.430. The van der Waals surface area contributed by atoms with Crippen LogP contribution in [-0.2, 0) is 14.0 Å². The summed E-state index contributed by atoms with van der Waals surface area (Å²) < 4.78 is 17.3. The summed E-state index contributed by atoms with van der Waals surface area (Å²) in [6.45, 7) is 9.61. The standard InChI is InChI=1S/C14H25BN2O3/c1-13(2)14(3,4)20-15(19-13)11(9-16)10-17-12-5-7-18-8-6-12/h9-12,16H,5-8H2,1-4H3. The van der Waals surface area contributed by atoms with Crippen LogP contribution in [0.5, 0.6) is 0 Å². The zero-order valence-electron chi connectivity index (χ0n) is 12.9. The molecule has 0 aromatic carbocycles. The maximum absolute atomic E-state index is 7.60. The average Bonchev–Trinajstić information content (AvgIpc) is 2.60. The highest BCUT2D eigenvalue weighted by Gasteiger charge is 2.53. The molecule has 0 radical (unpaired) electrons. The molecule has 1 atom stereocenters. The van der Waals surface area contributed by atoms with E-state index in [1.165, 1.54) is 6.21 Å². The molecule has 0 amide bonds. The van der Waals surface area contributed by atoms with Gasteiger partial charge in [-0.25, -0.2) is 0 Å². The summed E-state index contributed by atoms with van der Waals surface area (Å²) in [5.74, 6) is -0.237. The molecule has 0 bridgehead atoms. The van der Waals surface area contributed by atoms with Gasteiger partial charge in [0.2, 0.25) is 0 Å². The van der Waals surface area contributed by atoms with Gasteiger partial charge >= 0.3 is 7.12 Å². The fourth-order valence-corrected chi connectivity index (χ4v) is 2.29. The van der Waals surface area contributed by atoms with Gasteiger partial charge in [0.1, 0.15) is 0 Å². The van der Waals surface area contributed by atoms with Crippen molar-refractivity contribution < 1.29 is 14.0 Å². The number of aliphatic imine (C=N–C) groups is 1. The van der Waals surface area contributed by atoms with Crippen molar-refractivity contribution in [1.82, 2.24) is 0 Å². The summed E-state index contributed by atoms with van der Waals surface area (Å²) in [5, 5.41) is 7.60. The summed E-state index contributed by atoms with van der Waals surface area (Å²) in [5.41, 5.74) is -0.739. The van der Waals surface area contributed by atoms with Crippen molar-refractivity contribution in [2.75, 3.05) is 13.2 Å².